The summed E-state index contributed by atoms with van der Waals surface area (Å²) in [6.45, 7) is 8.95. The molecule has 2 amide bonds. The van der Waals surface area contributed by atoms with E-state index in [-0.39, 0.29) is 24.2 Å². The Morgan fingerprint density at radius 3 is 2.28 bits per heavy atom. The van der Waals surface area contributed by atoms with Crippen LogP contribution in [-0.4, -0.2) is 24.6 Å². The van der Waals surface area contributed by atoms with Crippen molar-refractivity contribution in [2.75, 3.05) is 23.0 Å². The van der Waals surface area contributed by atoms with Gasteiger partial charge in [-0.3, -0.25) is 9.59 Å². The van der Waals surface area contributed by atoms with Gasteiger partial charge in [0, 0.05) is 29.2 Å². The number of hydrogen-bond acceptors (Lipinski definition) is 3. The Morgan fingerprint density at radius 2 is 1.69 bits per heavy atom. The molecule has 0 radical (unpaired) electrons. The molecule has 3 rings (SSSR count). The van der Waals surface area contributed by atoms with Crippen LogP contribution in [0.25, 0.3) is 0 Å². The number of benzene rings is 2. The maximum Gasteiger partial charge on any atom is 0.229 e. The molecule has 0 aliphatic carbocycles. The van der Waals surface area contributed by atoms with E-state index < -0.39 is 0 Å². The van der Waals surface area contributed by atoms with Gasteiger partial charge in [-0.15, -0.1) is 11.8 Å². The van der Waals surface area contributed by atoms with Crippen molar-refractivity contribution in [2.45, 2.75) is 50.8 Å². The van der Waals surface area contributed by atoms with Crippen LogP contribution in [0.15, 0.2) is 47.4 Å². The first-order valence-electron chi connectivity index (χ1n) is 10.2. The second kappa shape index (κ2) is 9.04. The summed E-state index contributed by atoms with van der Waals surface area (Å²) >= 11 is 1.64. The molecule has 0 bridgehead atoms. The lowest BCUT2D eigenvalue weighted by molar-refractivity contribution is -0.122. The molecular formula is C24H30N2O2S. The van der Waals surface area contributed by atoms with Gasteiger partial charge in [-0.1, -0.05) is 52.0 Å². The summed E-state index contributed by atoms with van der Waals surface area (Å²) in [4.78, 5) is 28.6. The molecule has 4 nitrogen and oxygen atoms in total. The van der Waals surface area contributed by atoms with Gasteiger partial charge in [-0.25, -0.2) is 0 Å². The topological polar surface area (TPSA) is 49.4 Å². The number of rotatable bonds is 6. The number of carbonyl (C=O) groups excluding carboxylic acids is 2. The summed E-state index contributed by atoms with van der Waals surface area (Å²) in [5.74, 6) is 0.196. The molecule has 1 aliphatic heterocycles. The molecule has 1 heterocycles. The standard InChI is InChI=1S/C24H30N2O2S/c1-15(2)20-10-7-11-21(16(3)4)23(20)25-24(28)17-12-22(27)26(14-17)18-8-6-9-19(13-18)29-5/h6-11,13,15-17H,12,14H2,1-5H3,(H,25,28). The van der Waals surface area contributed by atoms with Gasteiger partial charge < -0.3 is 10.2 Å². The van der Waals surface area contributed by atoms with Crippen LogP contribution in [-0.2, 0) is 9.59 Å². The van der Waals surface area contributed by atoms with Crippen molar-refractivity contribution in [3.05, 3.63) is 53.6 Å². The molecule has 5 heteroatoms. The first kappa shape index (κ1) is 21.4. The Kier molecular flexibility index (Phi) is 6.68. The molecule has 154 valence electrons. The maximum atomic E-state index is 13.1. The Hall–Kier alpha value is -2.27. The molecule has 1 atom stereocenters. The fraction of sp³-hybridized carbons (Fsp3) is 0.417. The van der Waals surface area contributed by atoms with Crippen LogP contribution in [0.5, 0.6) is 0 Å². The number of amides is 2. The second-order valence-electron chi connectivity index (χ2n) is 8.22. The highest BCUT2D eigenvalue weighted by Crippen LogP contribution is 2.34. The van der Waals surface area contributed by atoms with Crippen LogP contribution in [0.1, 0.15) is 57.1 Å². The average Bonchev–Trinajstić information content (AvgIpc) is 3.09. The zero-order valence-corrected chi connectivity index (χ0v) is 18.7. The highest BCUT2D eigenvalue weighted by Gasteiger charge is 2.35. The average molecular weight is 411 g/mol. The number of para-hydroxylation sites is 1. The molecule has 2 aromatic rings. The quantitative estimate of drug-likeness (QED) is 0.626. The van der Waals surface area contributed by atoms with E-state index in [9.17, 15) is 9.59 Å². The van der Waals surface area contributed by atoms with Crippen molar-refractivity contribution in [3.8, 4) is 0 Å². The molecule has 1 unspecified atom stereocenters. The normalized spacial score (nSPS) is 16.7. The van der Waals surface area contributed by atoms with Gasteiger partial charge in [-0.05, 0) is 47.4 Å². The Labute approximate surface area is 178 Å². The van der Waals surface area contributed by atoms with E-state index in [4.69, 9.17) is 0 Å². The van der Waals surface area contributed by atoms with Gasteiger partial charge in [0.05, 0.1) is 5.92 Å². The predicted molar refractivity (Wildman–Crippen MR) is 122 cm³/mol. The highest BCUT2D eigenvalue weighted by atomic mass is 32.2. The van der Waals surface area contributed by atoms with Crippen LogP contribution in [0.4, 0.5) is 11.4 Å². The summed E-state index contributed by atoms with van der Waals surface area (Å²) in [6, 6.07) is 14.1. The van der Waals surface area contributed by atoms with E-state index in [2.05, 4.69) is 51.2 Å². The van der Waals surface area contributed by atoms with E-state index in [1.807, 2.05) is 30.5 Å². The smallest absolute Gasteiger partial charge is 0.229 e. The van der Waals surface area contributed by atoms with Crippen LogP contribution in [0.3, 0.4) is 0 Å². The molecule has 0 aromatic heterocycles. The minimum atomic E-state index is -0.347. The summed E-state index contributed by atoms with van der Waals surface area (Å²) in [5.41, 5.74) is 4.05. The van der Waals surface area contributed by atoms with Crippen LogP contribution in [0.2, 0.25) is 0 Å². The second-order valence-corrected chi connectivity index (χ2v) is 9.10. The molecule has 0 saturated carbocycles. The van der Waals surface area contributed by atoms with Crippen molar-refractivity contribution < 1.29 is 9.59 Å². The Morgan fingerprint density at radius 1 is 1.07 bits per heavy atom. The van der Waals surface area contributed by atoms with Gasteiger partial charge in [0.2, 0.25) is 11.8 Å². The lowest BCUT2D eigenvalue weighted by atomic mass is 9.92. The zero-order chi connectivity index (χ0) is 21.1. The maximum absolute atomic E-state index is 13.1. The number of nitrogens with one attached hydrogen (secondary N) is 1. The number of hydrogen-bond donors (Lipinski definition) is 1. The number of nitrogens with zero attached hydrogens (tertiary/aromatic N) is 1. The lowest BCUT2D eigenvalue weighted by Gasteiger charge is -2.22. The third-order valence-corrected chi connectivity index (χ3v) is 6.21. The molecule has 29 heavy (non-hydrogen) atoms. The fourth-order valence-electron chi connectivity index (χ4n) is 3.83. The van der Waals surface area contributed by atoms with Crippen LogP contribution < -0.4 is 10.2 Å². The van der Waals surface area contributed by atoms with Crippen molar-refractivity contribution in [1.29, 1.82) is 0 Å². The largest absolute Gasteiger partial charge is 0.325 e. The summed E-state index contributed by atoms with van der Waals surface area (Å²) in [6.07, 6.45) is 2.26. The first-order valence-corrected chi connectivity index (χ1v) is 11.4. The number of thioether (sulfide) groups is 1. The minimum Gasteiger partial charge on any atom is -0.325 e. The van der Waals surface area contributed by atoms with Gasteiger partial charge in [0.15, 0.2) is 0 Å². The van der Waals surface area contributed by atoms with Gasteiger partial charge >= 0.3 is 0 Å². The summed E-state index contributed by atoms with van der Waals surface area (Å²) in [5, 5.41) is 3.18. The van der Waals surface area contributed by atoms with E-state index in [1.165, 1.54) is 0 Å². The van der Waals surface area contributed by atoms with E-state index in [0.717, 1.165) is 27.4 Å². The first-order chi connectivity index (χ1) is 13.8. The highest BCUT2D eigenvalue weighted by molar-refractivity contribution is 7.98. The zero-order valence-electron chi connectivity index (χ0n) is 17.9. The number of carbonyl (C=O) groups is 2. The van der Waals surface area contributed by atoms with Gasteiger partial charge in [0.25, 0.3) is 0 Å². The molecular weight excluding hydrogens is 380 g/mol. The molecule has 1 aliphatic rings. The van der Waals surface area contributed by atoms with Crippen molar-refractivity contribution in [1.82, 2.24) is 0 Å². The molecule has 1 fully saturated rings. The molecule has 1 N–H and O–H groups in total. The van der Waals surface area contributed by atoms with E-state index in [0.29, 0.717) is 18.4 Å². The van der Waals surface area contributed by atoms with E-state index in [1.54, 1.807) is 16.7 Å². The predicted octanol–water partition coefficient (Wildman–Crippen LogP) is 5.65. The number of anilines is 2. The van der Waals surface area contributed by atoms with Crippen LogP contribution in [0, 0.1) is 5.92 Å². The van der Waals surface area contributed by atoms with Crippen molar-refractivity contribution >= 4 is 35.0 Å². The monoisotopic (exact) mass is 410 g/mol. The van der Waals surface area contributed by atoms with Gasteiger partial charge in [0.1, 0.15) is 0 Å². The third kappa shape index (κ3) is 4.67. The molecule has 0 spiro atoms. The molecule has 2 aromatic carbocycles. The molecule has 1 saturated heterocycles. The van der Waals surface area contributed by atoms with Crippen molar-refractivity contribution in [3.63, 3.8) is 0 Å². The van der Waals surface area contributed by atoms with E-state index >= 15 is 0 Å². The summed E-state index contributed by atoms with van der Waals surface area (Å²) < 4.78 is 0. The summed E-state index contributed by atoms with van der Waals surface area (Å²) in [7, 11) is 0. The Balaban J connectivity index is 1.81. The SMILES string of the molecule is CSc1cccc(N2CC(C(=O)Nc3c(C(C)C)cccc3C(C)C)CC2=O)c1. The van der Waals surface area contributed by atoms with Gasteiger partial charge in [-0.2, -0.15) is 0 Å². The third-order valence-electron chi connectivity index (χ3n) is 5.48. The Bertz CT molecular complexity index is 881. The van der Waals surface area contributed by atoms with Crippen LogP contribution >= 0.6 is 11.8 Å². The minimum absolute atomic E-state index is 0.00429. The fourth-order valence-corrected chi connectivity index (χ4v) is 4.28. The lowest BCUT2D eigenvalue weighted by Crippen LogP contribution is -2.28. The van der Waals surface area contributed by atoms with Crippen molar-refractivity contribution in [2.24, 2.45) is 5.92 Å².